The Hall–Kier alpha value is -3.26. The minimum absolute atomic E-state index is 0.284. The first-order valence-electron chi connectivity index (χ1n) is 10.4. The zero-order chi connectivity index (χ0) is 20.3. The van der Waals surface area contributed by atoms with Gasteiger partial charge >= 0.3 is 0 Å². The Morgan fingerprint density at radius 1 is 1.07 bits per heavy atom. The molecule has 2 aromatic heterocycles. The van der Waals surface area contributed by atoms with Crippen molar-refractivity contribution in [1.29, 1.82) is 0 Å². The van der Waals surface area contributed by atoms with E-state index < -0.39 is 0 Å². The van der Waals surface area contributed by atoms with Gasteiger partial charge in [-0.1, -0.05) is 35.5 Å². The average molecular weight is 404 g/mol. The van der Waals surface area contributed by atoms with Gasteiger partial charge in [0.25, 0.3) is 5.91 Å². The minimum Gasteiger partial charge on any atom is -0.360 e. The van der Waals surface area contributed by atoms with E-state index in [1.54, 1.807) is 6.07 Å². The molecule has 154 valence electrons. The van der Waals surface area contributed by atoms with Gasteiger partial charge in [0.05, 0.1) is 0 Å². The molecule has 1 aliphatic heterocycles. The van der Waals surface area contributed by atoms with Crippen LogP contribution in [-0.2, 0) is 6.54 Å². The molecule has 3 heterocycles. The summed E-state index contributed by atoms with van der Waals surface area (Å²) in [6.45, 7) is 4.64. The van der Waals surface area contributed by atoms with Crippen molar-refractivity contribution in [2.75, 3.05) is 36.4 Å². The van der Waals surface area contributed by atoms with E-state index in [2.05, 4.69) is 54.5 Å². The summed E-state index contributed by atoms with van der Waals surface area (Å²) in [6.07, 6.45) is 3.69. The topological polar surface area (TPSA) is 87.4 Å². The molecular weight excluding hydrogens is 380 g/mol. The van der Waals surface area contributed by atoms with E-state index in [0.29, 0.717) is 11.7 Å². The van der Waals surface area contributed by atoms with Crippen LogP contribution < -0.4 is 10.2 Å². The lowest BCUT2D eigenvalue weighted by Gasteiger charge is -2.35. The van der Waals surface area contributed by atoms with E-state index in [4.69, 9.17) is 4.52 Å². The molecule has 5 rings (SSSR count). The number of anilines is 2. The van der Waals surface area contributed by atoms with Crippen LogP contribution in [0.25, 0.3) is 0 Å². The highest BCUT2D eigenvalue weighted by Gasteiger charge is 2.29. The first-order valence-corrected chi connectivity index (χ1v) is 10.4. The van der Waals surface area contributed by atoms with Crippen molar-refractivity contribution in [3.05, 3.63) is 65.8 Å². The van der Waals surface area contributed by atoms with Gasteiger partial charge in [-0.2, -0.15) is 0 Å². The van der Waals surface area contributed by atoms with Gasteiger partial charge < -0.3 is 14.7 Å². The number of benzene rings is 1. The summed E-state index contributed by atoms with van der Waals surface area (Å²) in [5, 5.41) is 6.68. The van der Waals surface area contributed by atoms with Crippen LogP contribution in [0.1, 0.15) is 40.6 Å². The predicted octanol–water partition coefficient (Wildman–Crippen LogP) is 2.92. The number of rotatable bonds is 6. The van der Waals surface area contributed by atoms with Crippen molar-refractivity contribution in [2.45, 2.75) is 25.3 Å². The lowest BCUT2D eigenvalue weighted by molar-refractivity contribution is 0.101. The van der Waals surface area contributed by atoms with Crippen molar-refractivity contribution in [3.63, 3.8) is 0 Å². The largest absolute Gasteiger partial charge is 0.360 e. The maximum absolute atomic E-state index is 12.5. The zero-order valence-corrected chi connectivity index (χ0v) is 16.7. The molecule has 3 aromatic rings. The number of hydrogen-bond acceptors (Lipinski definition) is 7. The lowest BCUT2D eigenvalue weighted by atomic mass is 10.2. The van der Waals surface area contributed by atoms with Gasteiger partial charge in [-0.15, -0.1) is 0 Å². The highest BCUT2D eigenvalue weighted by atomic mass is 16.5. The van der Waals surface area contributed by atoms with E-state index in [1.807, 2.05) is 12.1 Å². The van der Waals surface area contributed by atoms with E-state index >= 15 is 0 Å². The van der Waals surface area contributed by atoms with Crippen molar-refractivity contribution in [2.24, 2.45) is 0 Å². The standard InChI is InChI=1S/C22H24N6O2/c29-22(18-12-19(30-26-18)17-6-7-17)25-20-13-21(24-15-23-20)28-10-8-27(9-11-28)14-16-4-2-1-3-5-16/h1-5,12-13,15,17H,6-11,14H2,(H,23,24,25,29). The predicted molar refractivity (Wildman–Crippen MR) is 112 cm³/mol. The van der Waals surface area contributed by atoms with Crippen LogP contribution in [0.3, 0.4) is 0 Å². The normalized spacial score (nSPS) is 17.1. The molecule has 1 aliphatic carbocycles. The molecule has 30 heavy (non-hydrogen) atoms. The smallest absolute Gasteiger partial charge is 0.279 e. The second kappa shape index (κ2) is 8.23. The molecule has 0 spiro atoms. The Kier molecular flexibility index (Phi) is 5.15. The third-order valence-corrected chi connectivity index (χ3v) is 5.58. The third-order valence-electron chi connectivity index (χ3n) is 5.58. The van der Waals surface area contributed by atoms with E-state index in [0.717, 1.165) is 57.1 Å². The lowest BCUT2D eigenvalue weighted by Crippen LogP contribution is -2.46. The summed E-state index contributed by atoms with van der Waals surface area (Å²) in [4.78, 5) is 25.7. The fourth-order valence-corrected chi connectivity index (χ4v) is 3.70. The van der Waals surface area contributed by atoms with E-state index in [1.165, 1.54) is 11.9 Å². The van der Waals surface area contributed by atoms with Crippen LogP contribution in [0.5, 0.6) is 0 Å². The van der Waals surface area contributed by atoms with Crippen molar-refractivity contribution in [1.82, 2.24) is 20.0 Å². The molecule has 1 amide bonds. The number of hydrogen-bond donors (Lipinski definition) is 1. The summed E-state index contributed by atoms with van der Waals surface area (Å²) in [5.74, 6) is 2.18. The Morgan fingerprint density at radius 2 is 1.87 bits per heavy atom. The first-order chi connectivity index (χ1) is 14.7. The summed E-state index contributed by atoms with van der Waals surface area (Å²) in [7, 11) is 0. The van der Waals surface area contributed by atoms with Crippen LogP contribution in [0.2, 0.25) is 0 Å². The molecule has 1 saturated heterocycles. The van der Waals surface area contributed by atoms with Crippen molar-refractivity contribution >= 4 is 17.5 Å². The molecule has 1 aromatic carbocycles. The van der Waals surface area contributed by atoms with E-state index in [-0.39, 0.29) is 11.6 Å². The van der Waals surface area contributed by atoms with Crippen LogP contribution in [0.4, 0.5) is 11.6 Å². The minimum atomic E-state index is -0.317. The van der Waals surface area contributed by atoms with Gasteiger partial charge in [-0.3, -0.25) is 9.69 Å². The second-order valence-corrected chi connectivity index (χ2v) is 7.85. The Labute approximate surface area is 174 Å². The molecule has 0 unspecified atom stereocenters. The molecule has 2 aliphatic rings. The maximum Gasteiger partial charge on any atom is 0.279 e. The molecule has 2 fully saturated rings. The molecule has 0 bridgehead atoms. The summed E-state index contributed by atoms with van der Waals surface area (Å²) in [5.41, 5.74) is 1.61. The number of piperazine rings is 1. The quantitative estimate of drug-likeness (QED) is 0.676. The summed E-state index contributed by atoms with van der Waals surface area (Å²) in [6, 6.07) is 14.1. The molecule has 1 saturated carbocycles. The molecule has 8 nitrogen and oxygen atoms in total. The van der Waals surface area contributed by atoms with Gasteiger partial charge in [0, 0.05) is 50.8 Å². The zero-order valence-electron chi connectivity index (χ0n) is 16.7. The monoisotopic (exact) mass is 404 g/mol. The van der Waals surface area contributed by atoms with Gasteiger partial charge in [0.1, 0.15) is 23.7 Å². The fraction of sp³-hybridized carbons (Fsp3) is 0.364. The number of carbonyl (C=O) groups excluding carboxylic acids is 1. The number of nitrogens with one attached hydrogen (secondary N) is 1. The molecule has 0 radical (unpaired) electrons. The Morgan fingerprint density at radius 3 is 2.63 bits per heavy atom. The first kappa shape index (κ1) is 18.7. The number of nitrogens with zero attached hydrogens (tertiary/aromatic N) is 5. The van der Waals surface area contributed by atoms with Crippen LogP contribution in [-0.4, -0.2) is 52.1 Å². The van der Waals surface area contributed by atoms with Gasteiger partial charge in [0.15, 0.2) is 5.69 Å². The molecule has 0 atom stereocenters. The van der Waals surface area contributed by atoms with Crippen molar-refractivity contribution in [3.8, 4) is 0 Å². The second-order valence-electron chi connectivity index (χ2n) is 7.85. The summed E-state index contributed by atoms with van der Waals surface area (Å²) < 4.78 is 5.26. The fourth-order valence-electron chi connectivity index (χ4n) is 3.70. The molecule has 8 heteroatoms. The number of amides is 1. The Balaban J connectivity index is 1.18. The van der Waals surface area contributed by atoms with Crippen molar-refractivity contribution < 1.29 is 9.32 Å². The highest BCUT2D eigenvalue weighted by molar-refractivity contribution is 6.02. The van der Waals surface area contributed by atoms with Gasteiger partial charge in [0.2, 0.25) is 0 Å². The molecular formula is C22H24N6O2. The Bertz CT molecular complexity index is 1010. The van der Waals surface area contributed by atoms with Crippen LogP contribution in [0, 0.1) is 0 Å². The van der Waals surface area contributed by atoms with Crippen LogP contribution >= 0.6 is 0 Å². The average Bonchev–Trinajstić information content (AvgIpc) is 3.51. The van der Waals surface area contributed by atoms with Gasteiger partial charge in [-0.05, 0) is 18.4 Å². The van der Waals surface area contributed by atoms with E-state index in [9.17, 15) is 4.79 Å². The SMILES string of the molecule is O=C(Nc1cc(N2CCN(Cc3ccccc3)CC2)ncn1)c1cc(C2CC2)on1. The highest BCUT2D eigenvalue weighted by Crippen LogP contribution is 2.40. The number of aromatic nitrogens is 3. The molecule has 1 N–H and O–H groups in total. The number of carbonyl (C=O) groups is 1. The van der Waals surface area contributed by atoms with Crippen LogP contribution in [0.15, 0.2) is 53.3 Å². The maximum atomic E-state index is 12.5. The third kappa shape index (κ3) is 4.33. The van der Waals surface area contributed by atoms with Gasteiger partial charge in [-0.25, -0.2) is 9.97 Å². The summed E-state index contributed by atoms with van der Waals surface area (Å²) >= 11 is 0.